The summed E-state index contributed by atoms with van der Waals surface area (Å²) in [6, 6.07) is 0. The summed E-state index contributed by atoms with van der Waals surface area (Å²) in [5, 5.41) is 0. The second kappa shape index (κ2) is 5.92. The Bertz CT molecular complexity index is 25.3. The first kappa shape index (κ1) is 6.92. The van der Waals surface area contributed by atoms with Gasteiger partial charge < -0.3 is 9.47 Å². The van der Waals surface area contributed by atoms with Crippen molar-refractivity contribution >= 4 is 0 Å². The van der Waals surface area contributed by atoms with E-state index in [1.807, 2.05) is 6.92 Å². The number of hydrogen-bond acceptors (Lipinski definition) is 2. The summed E-state index contributed by atoms with van der Waals surface area (Å²) < 4.78 is 9.55. The van der Waals surface area contributed by atoms with Crippen molar-refractivity contribution in [3.8, 4) is 0 Å². The lowest BCUT2D eigenvalue weighted by Crippen LogP contribution is -1.97. The van der Waals surface area contributed by atoms with Crippen LogP contribution < -0.4 is 0 Å². The van der Waals surface area contributed by atoms with Crippen LogP contribution in [-0.2, 0) is 9.47 Å². The average Bonchev–Trinajstić information content (AvgIpc) is 1.69. The molecule has 1 radical (unpaired) electrons. The predicted molar refractivity (Wildman–Crippen MR) is 27.8 cm³/mol. The lowest BCUT2D eigenvalue weighted by Gasteiger charge is -1.97. The Kier molecular flexibility index (Phi) is 5.85. The first-order valence-electron chi connectivity index (χ1n) is 2.36. The van der Waals surface area contributed by atoms with E-state index in [1.54, 1.807) is 0 Å². The molecule has 0 rings (SSSR count). The standard InChI is InChI=1S/C5H11O2/c1-3-6-5-7-4-2/h1,3-5H2,2H3. The van der Waals surface area contributed by atoms with Crippen LogP contribution in [0.25, 0.3) is 0 Å². The summed E-state index contributed by atoms with van der Waals surface area (Å²) >= 11 is 0. The van der Waals surface area contributed by atoms with E-state index >= 15 is 0 Å². The Balaban J connectivity index is 2.45. The highest BCUT2D eigenvalue weighted by atomic mass is 16.7. The highest BCUT2D eigenvalue weighted by Crippen LogP contribution is 1.73. The van der Waals surface area contributed by atoms with Crippen molar-refractivity contribution in [3.63, 3.8) is 0 Å². The van der Waals surface area contributed by atoms with Crippen molar-refractivity contribution in [1.82, 2.24) is 0 Å². The van der Waals surface area contributed by atoms with Gasteiger partial charge in [0.2, 0.25) is 0 Å². The van der Waals surface area contributed by atoms with Crippen LogP contribution in [0.4, 0.5) is 0 Å². The van der Waals surface area contributed by atoms with Crippen molar-refractivity contribution in [3.05, 3.63) is 6.92 Å². The van der Waals surface area contributed by atoms with Crippen LogP contribution in [-0.4, -0.2) is 20.0 Å². The molecule has 0 atom stereocenters. The zero-order valence-corrected chi connectivity index (χ0v) is 4.64. The molecule has 2 heteroatoms. The van der Waals surface area contributed by atoms with Crippen molar-refractivity contribution < 1.29 is 9.47 Å². The highest BCUT2D eigenvalue weighted by molar-refractivity contribution is 4.23. The van der Waals surface area contributed by atoms with Gasteiger partial charge in [-0.15, -0.1) is 0 Å². The lowest BCUT2D eigenvalue weighted by molar-refractivity contribution is -0.0395. The molecule has 0 saturated heterocycles. The zero-order valence-electron chi connectivity index (χ0n) is 4.64. The topological polar surface area (TPSA) is 18.5 Å². The van der Waals surface area contributed by atoms with Crippen LogP contribution in [0.3, 0.4) is 0 Å². The van der Waals surface area contributed by atoms with Gasteiger partial charge in [0.25, 0.3) is 0 Å². The summed E-state index contributed by atoms with van der Waals surface area (Å²) in [4.78, 5) is 0. The fourth-order valence-corrected chi connectivity index (χ4v) is 0.201. The van der Waals surface area contributed by atoms with Gasteiger partial charge in [-0.25, -0.2) is 0 Å². The fourth-order valence-electron chi connectivity index (χ4n) is 0.201. The van der Waals surface area contributed by atoms with Gasteiger partial charge in [-0.3, -0.25) is 0 Å². The van der Waals surface area contributed by atoms with Gasteiger partial charge in [-0.05, 0) is 13.8 Å². The Hall–Kier alpha value is -0.0800. The van der Waals surface area contributed by atoms with Gasteiger partial charge in [-0.2, -0.15) is 0 Å². The Labute approximate surface area is 44.4 Å². The number of hydrogen-bond donors (Lipinski definition) is 0. The Morgan fingerprint density at radius 2 is 2.14 bits per heavy atom. The van der Waals surface area contributed by atoms with Gasteiger partial charge in [0, 0.05) is 13.2 Å². The summed E-state index contributed by atoms with van der Waals surface area (Å²) in [6.07, 6.45) is 0. The van der Waals surface area contributed by atoms with Crippen LogP contribution in [0, 0.1) is 6.92 Å². The third kappa shape index (κ3) is 5.92. The quantitative estimate of drug-likeness (QED) is 0.387. The van der Waals surface area contributed by atoms with Crippen molar-refractivity contribution in [1.29, 1.82) is 0 Å². The molecule has 0 aromatic rings. The molecule has 43 valence electrons. The molecule has 0 unspecified atom stereocenters. The number of ether oxygens (including phenoxy) is 2. The molecule has 0 bridgehead atoms. The Morgan fingerprint density at radius 3 is 2.57 bits per heavy atom. The molecule has 0 amide bonds. The maximum atomic E-state index is 4.81. The molecule has 0 fully saturated rings. The minimum atomic E-state index is 0.375. The van der Waals surface area contributed by atoms with E-state index in [9.17, 15) is 0 Å². The van der Waals surface area contributed by atoms with Crippen LogP contribution in [0.1, 0.15) is 6.92 Å². The summed E-state index contributed by atoms with van der Waals surface area (Å²) in [7, 11) is 0. The zero-order chi connectivity index (χ0) is 5.54. The molecule has 0 N–H and O–H groups in total. The lowest BCUT2D eigenvalue weighted by atomic mass is 10.9. The first-order chi connectivity index (χ1) is 3.41. The smallest absolute Gasteiger partial charge is 0.146 e. The van der Waals surface area contributed by atoms with E-state index in [0.29, 0.717) is 20.0 Å². The first-order valence-corrected chi connectivity index (χ1v) is 2.36. The molecule has 7 heavy (non-hydrogen) atoms. The molecule has 2 nitrogen and oxygen atoms in total. The number of rotatable bonds is 4. The maximum absolute atomic E-state index is 4.81. The molecule has 0 aromatic heterocycles. The molecule has 0 aliphatic carbocycles. The summed E-state index contributed by atoms with van der Waals surface area (Å²) in [5.41, 5.74) is 0. The fraction of sp³-hybridized carbons (Fsp3) is 0.800. The molecule has 0 saturated carbocycles. The molecular weight excluding hydrogens is 92.1 g/mol. The Morgan fingerprint density at radius 1 is 1.43 bits per heavy atom. The van der Waals surface area contributed by atoms with Gasteiger partial charge >= 0.3 is 0 Å². The van der Waals surface area contributed by atoms with Crippen molar-refractivity contribution in [2.45, 2.75) is 6.92 Å². The van der Waals surface area contributed by atoms with E-state index in [4.69, 9.17) is 9.47 Å². The normalized spacial score (nSPS) is 9.43. The van der Waals surface area contributed by atoms with Crippen LogP contribution in [0.2, 0.25) is 0 Å². The SMILES string of the molecule is [CH2]COCOCC. The third-order valence-corrected chi connectivity index (χ3v) is 0.515. The summed E-state index contributed by atoms with van der Waals surface area (Å²) in [6.45, 7) is 6.95. The molecule has 0 spiro atoms. The van der Waals surface area contributed by atoms with Gasteiger partial charge in [0.1, 0.15) is 6.79 Å². The van der Waals surface area contributed by atoms with Crippen LogP contribution in [0.15, 0.2) is 0 Å². The van der Waals surface area contributed by atoms with E-state index in [0.717, 1.165) is 0 Å². The highest BCUT2D eigenvalue weighted by Gasteiger charge is 1.76. The molecule has 0 aliphatic heterocycles. The average molecular weight is 103 g/mol. The van der Waals surface area contributed by atoms with E-state index in [-0.39, 0.29) is 0 Å². The molecule has 0 aliphatic rings. The summed E-state index contributed by atoms with van der Waals surface area (Å²) in [5.74, 6) is 0. The van der Waals surface area contributed by atoms with Gasteiger partial charge in [0.15, 0.2) is 0 Å². The predicted octanol–water partition coefficient (Wildman–Crippen LogP) is 0.831. The van der Waals surface area contributed by atoms with Crippen LogP contribution in [0.5, 0.6) is 0 Å². The van der Waals surface area contributed by atoms with Crippen LogP contribution >= 0.6 is 0 Å². The van der Waals surface area contributed by atoms with Gasteiger partial charge in [-0.1, -0.05) is 0 Å². The monoisotopic (exact) mass is 103 g/mol. The van der Waals surface area contributed by atoms with E-state index < -0.39 is 0 Å². The minimum absolute atomic E-state index is 0.375. The maximum Gasteiger partial charge on any atom is 0.146 e. The molecule has 0 heterocycles. The second-order valence-corrected chi connectivity index (χ2v) is 1.02. The van der Waals surface area contributed by atoms with E-state index in [1.165, 1.54) is 0 Å². The third-order valence-electron chi connectivity index (χ3n) is 0.515. The van der Waals surface area contributed by atoms with E-state index in [2.05, 4.69) is 6.92 Å². The largest absolute Gasteiger partial charge is 0.356 e. The minimum Gasteiger partial charge on any atom is -0.356 e. The second-order valence-electron chi connectivity index (χ2n) is 1.02. The van der Waals surface area contributed by atoms with Crippen molar-refractivity contribution in [2.75, 3.05) is 20.0 Å². The van der Waals surface area contributed by atoms with Gasteiger partial charge in [0.05, 0.1) is 0 Å². The van der Waals surface area contributed by atoms with Crippen molar-refractivity contribution in [2.24, 2.45) is 0 Å². The molecule has 0 aromatic carbocycles. The molecular formula is C5H11O2.